The number of carbonyl (C=O) groups is 1. The summed E-state index contributed by atoms with van der Waals surface area (Å²) in [6.45, 7) is 3.84. The quantitative estimate of drug-likeness (QED) is 0.886. The third kappa shape index (κ3) is 4.38. The lowest BCUT2D eigenvalue weighted by Crippen LogP contribution is -2.14. The summed E-state index contributed by atoms with van der Waals surface area (Å²) in [6.07, 6.45) is 0.994. The highest BCUT2D eigenvalue weighted by Crippen LogP contribution is 2.12. The predicted octanol–water partition coefficient (Wildman–Crippen LogP) is 2.81. The summed E-state index contributed by atoms with van der Waals surface area (Å²) >= 11 is 1.46. The first-order valence-electron chi connectivity index (χ1n) is 6.43. The molecule has 0 radical (unpaired) electrons. The minimum absolute atomic E-state index is 0.0283. The molecule has 5 nitrogen and oxygen atoms in total. The fourth-order valence-electron chi connectivity index (χ4n) is 1.66. The van der Waals surface area contributed by atoms with E-state index < -0.39 is 0 Å². The van der Waals surface area contributed by atoms with E-state index in [1.807, 2.05) is 24.3 Å². The lowest BCUT2D eigenvalue weighted by Gasteiger charge is -2.05. The van der Waals surface area contributed by atoms with Crippen LogP contribution < -0.4 is 5.32 Å². The molecule has 1 amide bonds. The van der Waals surface area contributed by atoms with Gasteiger partial charge in [-0.15, -0.1) is 11.8 Å². The van der Waals surface area contributed by atoms with Gasteiger partial charge in [0.1, 0.15) is 0 Å². The minimum atomic E-state index is -0.0283. The van der Waals surface area contributed by atoms with Crippen molar-refractivity contribution in [3.63, 3.8) is 0 Å². The highest BCUT2D eigenvalue weighted by molar-refractivity contribution is 7.99. The Bertz CT molecular complexity index is 566. The first kappa shape index (κ1) is 14.6. The number of anilines is 1. The molecule has 2 aromatic rings. The van der Waals surface area contributed by atoms with Crippen molar-refractivity contribution < 1.29 is 9.32 Å². The molecule has 0 aliphatic heterocycles. The Morgan fingerprint density at radius 1 is 1.35 bits per heavy atom. The van der Waals surface area contributed by atoms with Gasteiger partial charge in [-0.2, -0.15) is 4.98 Å². The van der Waals surface area contributed by atoms with E-state index in [4.69, 9.17) is 4.52 Å². The van der Waals surface area contributed by atoms with E-state index in [-0.39, 0.29) is 5.91 Å². The van der Waals surface area contributed by atoms with Gasteiger partial charge >= 0.3 is 0 Å². The van der Waals surface area contributed by atoms with Gasteiger partial charge in [-0.3, -0.25) is 4.79 Å². The summed E-state index contributed by atoms with van der Waals surface area (Å²) < 4.78 is 4.86. The number of benzene rings is 1. The number of hydrogen-bond donors (Lipinski definition) is 1. The average molecular weight is 291 g/mol. The number of aryl methyl sites for hydroxylation is 2. The fraction of sp³-hybridized carbons (Fsp3) is 0.357. The van der Waals surface area contributed by atoms with Gasteiger partial charge in [-0.1, -0.05) is 24.2 Å². The molecule has 0 unspecified atom stereocenters. The molecule has 0 bridgehead atoms. The number of amides is 1. The third-order valence-electron chi connectivity index (χ3n) is 2.68. The Morgan fingerprint density at radius 2 is 2.10 bits per heavy atom. The number of carbonyl (C=O) groups excluding carboxylic acids is 1. The molecule has 0 saturated carbocycles. The minimum Gasteiger partial charge on any atom is -0.340 e. The molecule has 0 aliphatic carbocycles. The topological polar surface area (TPSA) is 68.0 Å². The highest BCUT2D eigenvalue weighted by atomic mass is 32.2. The predicted molar refractivity (Wildman–Crippen MR) is 79.6 cm³/mol. The van der Waals surface area contributed by atoms with Crippen molar-refractivity contribution in [2.45, 2.75) is 26.0 Å². The Hall–Kier alpha value is -1.82. The number of nitrogens with zero attached hydrogens (tertiary/aromatic N) is 2. The first-order chi connectivity index (χ1) is 9.67. The molecule has 106 valence electrons. The maximum atomic E-state index is 11.8. The molecular weight excluding hydrogens is 274 g/mol. The van der Waals surface area contributed by atoms with Crippen LogP contribution >= 0.6 is 11.8 Å². The zero-order valence-corrected chi connectivity index (χ0v) is 12.4. The fourth-order valence-corrected chi connectivity index (χ4v) is 2.32. The Labute approximate surface area is 122 Å². The molecule has 0 aliphatic rings. The molecule has 1 aromatic heterocycles. The van der Waals surface area contributed by atoms with E-state index in [1.165, 1.54) is 17.3 Å². The largest absolute Gasteiger partial charge is 0.340 e. The Morgan fingerprint density at radius 3 is 2.70 bits per heavy atom. The molecule has 0 saturated heterocycles. The van der Waals surface area contributed by atoms with Gasteiger partial charge in [0.2, 0.25) is 11.8 Å². The average Bonchev–Trinajstić information content (AvgIpc) is 2.85. The van der Waals surface area contributed by atoms with Crippen LogP contribution in [-0.4, -0.2) is 21.8 Å². The smallest absolute Gasteiger partial charge is 0.234 e. The standard InChI is InChI=1S/C14H17N3O2S/c1-3-11-4-6-12(7-5-11)16-14(18)9-20-8-13-15-10(2)19-17-13/h4-7H,3,8-9H2,1-2H3,(H,16,18). The van der Waals surface area contributed by atoms with Crippen LogP contribution in [-0.2, 0) is 17.0 Å². The summed E-state index contributed by atoms with van der Waals surface area (Å²) in [6, 6.07) is 7.88. The third-order valence-corrected chi connectivity index (χ3v) is 3.61. The Kier molecular flexibility index (Phi) is 5.17. The molecule has 20 heavy (non-hydrogen) atoms. The number of thioether (sulfide) groups is 1. The lowest BCUT2D eigenvalue weighted by atomic mass is 10.1. The molecular formula is C14H17N3O2S. The van der Waals surface area contributed by atoms with E-state index >= 15 is 0 Å². The summed E-state index contributed by atoms with van der Waals surface area (Å²) in [5.41, 5.74) is 2.08. The van der Waals surface area contributed by atoms with E-state index in [1.54, 1.807) is 6.92 Å². The van der Waals surface area contributed by atoms with Crippen LogP contribution in [0.1, 0.15) is 24.2 Å². The van der Waals surface area contributed by atoms with Crippen LogP contribution in [0.4, 0.5) is 5.69 Å². The van der Waals surface area contributed by atoms with Crippen molar-refractivity contribution in [2.75, 3.05) is 11.1 Å². The number of hydrogen-bond acceptors (Lipinski definition) is 5. The second-order valence-corrected chi connectivity index (χ2v) is 5.31. The molecule has 2 rings (SSSR count). The summed E-state index contributed by atoms with van der Waals surface area (Å²) in [5.74, 6) is 2.07. The van der Waals surface area contributed by atoms with Gasteiger partial charge in [0.25, 0.3) is 0 Å². The van der Waals surface area contributed by atoms with Crippen molar-refractivity contribution in [3.8, 4) is 0 Å². The van der Waals surface area contributed by atoms with E-state index in [2.05, 4.69) is 22.4 Å². The van der Waals surface area contributed by atoms with Crippen molar-refractivity contribution in [2.24, 2.45) is 0 Å². The van der Waals surface area contributed by atoms with Crippen LogP contribution in [0.2, 0.25) is 0 Å². The number of rotatable bonds is 6. The van der Waals surface area contributed by atoms with Gasteiger partial charge in [-0.05, 0) is 24.1 Å². The van der Waals surface area contributed by atoms with E-state index in [0.717, 1.165) is 12.1 Å². The molecule has 1 N–H and O–H groups in total. The van der Waals surface area contributed by atoms with Gasteiger partial charge in [0.05, 0.1) is 11.5 Å². The molecule has 1 heterocycles. The molecule has 1 aromatic carbocycles. The van der Waals surface area contributed by atoms with Gasteiger partial charge in [0.15, 0.2) is 5.82 Å². The molecule has 0 fully saturated rings. The maximum Gasteiger partial charge on any atom is 0.234 e. The first-order valence-corrected chi connectivity index (χ1v) is 7.58. The van der Waals surface area contributed by atoms with Gasteiger partial charge in [-0.25, -0.2) is 0 Å². The SMILES string of the molecule is CCc1ccc(NC(=O)CSCc2noc(C)n2)cc1. The zero-order valence-electron chi connectivity index (χ0n) is 11.5. The number of nitrogens with one attached hydrogen (secondary N) is 1. The summed E-state index contributed by atoms with van der Waals surface area (Å²) in [4.78, 5) is 15.8. The lowest BCUT2D eigenvalue weighted by molar-refractivity contribution is -0.113. The van der Waals surface area contributed by atoms with Crippen LogP contribution in [0.15, 0.2) is 28.8 Å². The molecule has 0 spiro atoms. The highest BCUT2D eigenvalue weighted by Gasteiger charge is 2.06. The van der Waals surface area contributed by atoms with Gasteiger partial charge in [0, 0.05) is 12.6 Å². The van der Waals surface area contributed by atoms with Crippen molar-refractivity contribution in [1.29, 1.82) is 0 Å². The molecule has 6 heteroatoms. The summed E-state index contributed by atoms with van der Waals surface area (Å²) in [5, 5.41) is 6.64. The van der Waals surface area contributed by atoms with Gasteiger partial charge < -0.3 is 9.84 Å². The second-order valence-electron chi connectivity index (χ2n) is 4.32. The summed E-state index contributed by atoms with van der Waals surface area (Å²) in [7, 11) is 0. The molecule has 0 atom stereocenters. The Balaban J connectivity index is 1.74. The van der Waals surface area contributed by atoms with Crippen molar-refractivity contribution in [3.05, 3.63) is 41.5 Å². The van der Waals surface area contributed by atoms with Crippen molar-refractivity contribution in [1.82, 2.24) is 10.1 Å². The second kappa shape index (κ2) is 7.09. The van der Waals surface area contributed by atoms with Crippen molar-refractivity contribution >= 4 is 23.4 Å². The monoisotopic (exact) mass is 291 g/mol. The zero-order chi connectivity index (χ0) is 14.4. The van der Waals surface area contributed by atoms with Crippen LogP contribution in [0, 0.1) is 6.92 Å². The maximum absolute atomic E-state index is 11.8. The normalized spacial score (nSPS) is 10.5. The van der Waals surface area contributed by atoms with E-state index in [9.17, 15) is 4.79 Å². The van der Waals surface area contributed by atoms with E-state index in [0.29, 0.717) is 23.2 Å². The van der Waals surface area contributed by atoms with Crippen LogP contribution in [0.25, 0.3) is 0 Å². The number of aromatic nitrogens is 2. The van der Waals surface area contributed by atoms with Crippen LogP contribution in [0.5, 0.6) is 0 Å². The van der Waals surface area contributed by atoms with Crippen LogP contribution in [0.3, 0.4) is 0 Å².